The molecule has 0 N–H and O–H groups in total. The quantitative estimate of drug-likeness (QED) is 0.195. The zero-order valence-electron chi connectivity index (χ0n) is 24.1. The van der Waals surface area contributed by atoms with Crippen LogP contribution in [0.2, 0.25) is 0 Å². The molecule has 0 spiro atoms. The molecule has 7 aromatic rings. The first kappa shape index (κ1) is 24.1. The van der Waals surface area contributed by atoms with Crippen molar-refractivity contribution < 1.29 is 9.15 Å². The summed E-state index contributed by atoms with van der Waals surface area (Å²) in [4.78, 5) is 0. The van der Waals surface area contributed by atoms with Crippen LogP contribution in [-0.4, -0.2) is 0 Å². The molecule has 2 aliphatic carbocycles. The number of rotatable bonds is 2. The second-order valence-corrected chi connectivity index (χ2v) is 12.2. The molecule has 2 nitrogen and oxygen atoms in total. The molecule has 1 unspecified atom stereocenters. The van der Waals surface area contributed by atoms with Gasteiger partial charge in [0.25, 0.3) is 0 Å². The van der Waals surface area contributed by atoms with E-state index in [1.54, 1.807) is 0 Å². The van der Waals surface area contributed by atoms with Crippen LogP contribution in [0.5, 0.6) is 5.75 Å². The van der Waals surface area contributed by atoms with Crippen LogP contribution in [0.1, 0.15) is 41.9 Å². The largest absolute Gasteiger partial charge is 0.460 e. The lowest BCUT2D eigenvalue weighted by Crippen LogP contribution is -2.06. The third-order valence-electron chi connectivity index (χ3n) is 9.91. The summed E-state index contributed by atoms with van der Waals surface area (Å²) >= 11 is 0. The molecule has 0 saturated heterocycles. The standard InChI is InChI=1S/C42H28O2/c1-2-10-25(11-3-1)38-29-13-4-6-15-31(29)39(32-16-7-5-14-30(32)38)27-20-23-37-35(24-27)34-22-19-26-18-21-33-28-12-8-9-17-36(28)43-41(33)40(26)42(34)44-37/h1-2,4-10,12-23,35H,3,11,24H2. The van der Waals surface area contributed by atoms with Gasteiger partial charge in [0.15, 0.2) is 0 Å². The first-order chi connectivity index (χ1) is 21.8. The van der Waals surface area contributed by atoms with Crippen molar-refractivity contribution in [3.63, 3.8) is 0 Å². The Morgan fingerprint density at radius 2 is 1.27 bits per heavy atom. The number of para-hydroxylation sites is 1. The van der Waals surface area contributed by atoms with Gasteiger partial charge in [-0.05, 0) is 86.7 Å². The van der Waals surface area contributed by atoms with Gasteiger partial charge < -0.3 is 9.15 Å². The molecule has 0 fully saturated rings. The van der Waals surface area contributed by atoms with Crippen molar-refractivity contribution >= 4 is 65.4 Å². The van der Waals surface area contributed by atoms with Crippen LogP contribution in [0.3, 0.4) is 0 Å². The Labute approximate surface area is 254 Å². The number of hydrogen-bond donors (Lipinski definition) is 0. The molecule has 0 amide bonds. The highest BCUT2D eigenvalue weighted by molar-refractivity contribution is 6.18. The van der Waals surface area contributed by atoms with E-state index < -0.39 is 0 Å². The number of fused-ring (bicyclic) bond motifs is 11. The van der Waals surface area contributed by atoms with Crippen molar-refractivity contribution in [3.8, 4) is 5.75 Å². The molecule has 0 bridgehead atoms. The highest BCUT2D eigenvalue weighted by Gasteiger charge is 2.35. The summed E-state index contributed by atoms with van der Waals surface area (Å²) in [5.41, 5.74) is 8.57. The maximum absolute atomic E-state index is 6.73. The minimum atomic E-state index is 0.164. The van der Waals surface area contributed by atoms with E-state index in [4.69, 9.17) is 9.15 Å². The van der Waals surface area contributed by atoms with Gasteiger partial charge in [-0.1, -0.05) is 109 Å². The fourth-order valence-corrected chi connectivity index (χ4v) is 7.95. The van der Waals surface area contributed by atoms with Crippen LogP contribution in [0.15, 0.2) is 138 Å². The second-order valence-electron chi connectivity index (χ2n) is 12.2. The van der Waals surface area contributed by atoms with Gasteiger partial charge in [-0.25, -0.2) is 0 Å². The zero-order chi connectivity index (χ0) is 28.8. The third kappa shape index (κ3) is 3.31. The van der Waals surface area contributed by atoms with E-state index in [-0.39, 0.29) is 5.92 Å². The fraction of sp³-hybridized carbons (Fsp3) is 0.0952. The molecule has 10 rings (SSSR count). The van der Waals surface area contributed by atoms with Gasteiger partial charge in [0.2, 0.25) is 0 Å². The Morgan fingerprint density at radius 3 is 2.00 bits per heavy atom. The maximum atomic E-state index is 6.73. The molecule has 1 atom stereocenters. The molecule has 0 saturated carbocycles. The lowest BCUT2D eigenvalue weighted by Gasteiger charge is -2.24. The third-order valence-corrected chi connectivity index (χ3v) is 9.91. The number of ether oxygens (including phenoxy) is 1. The lowest BCUT2D eigenvalue weighted by atomic mass is 9.79. The Bertz CT molecular complexity index is 2440. The van der Waals surface area contributed by atoms with E-state index >= 15 is 0 Å². The van der Waals surface area contributed by atoms with Gasteiger partial charge in [0.05, 0.1) is 5.39 Å². The Kier molecular flexibility index (Phi) is 4.98. The lowest BCUT2D eigenvalue weighted by molar-refractivity contribution is 0.430. The van der Waals surface area contributed by atoms with Crippen LogP contribution in [0.25, 0.3) is 65.4 Å². The molecule has 3 aliphatic rings. The van der Waals surface area contributed by atoms with Gasteiger partial charge in [-0.3, -0.25) is 0 Å². The zero-order valence-corrected chi connectivity index (χ0v) is 24.1. The van der Waals surface area contributed by atoms with E-state index in [0.717, 1.165) is 63.5 Å². The first-order valence-corrected chi connectivity index (χ1v) is 15.6. The van der Waals surface area contributed by atoms with E-state index in [1.807, 2.05) is 12.1 Å². The van der Waals surface area contributed by atoms with E-state index in [1.165, 1.54) is 49.4 Å². The van der Waals surface area contributed by atoms with Gasteiger partial charge in [-0.2, -0.15) is 0 Å². The van der Waals surface area contributed by atoms with Gasteiger partial charge in [0, 0.05) is 22.3 Å². The molecule has 208 valence electrons. The molecule has 6 aromatic carbocycles. The summed E-state index contributed by atoms with van der Waals surface area (Å²) in [5.74, 6) is 2.13. The second kappa shape index (κ2) is 9.08. The van der Waals surface area contributed by atoms with Crippen molar-refractivity contribution in [2.75, 3.05) is 0 Å². The number of hydrogen-bond acceptors (Lipinski definition) is 2. The summed E-state index contributed by atoms with van der Waals surface area (Å²) in [6.45, 7) is 0. The van der Waals surface area contributed by atoms with E-state index in [9.17, 15) is 0 Å². The summed E-state index contributed by atoms with van der Waals surface area (Å²) in [6, 6.07) is 35.1. The molecular weight excluding hydrogens is 536 g/mol. The van der Waals surface area contributed by atoms with Crippen molar-refractivity contribution in [1.82, 2.24) is 0 Å². The van der Waals surface area contributed by atoms with Crippen LogP contribution < -0.4 is 4.74 Å². The summed E-state index contributed by atoms with van der Waals surface area (Å²) in [7, 11) is 0. The SMILES string of the molecule is C1=CCCC(c2c3ccccc3c(C3=CC=C4Oc5c(ccc6ccc7c8ccccc8oc7c56)C4C3)c3ccccc23)=C1. The van der Waals surface area contributed by atoms with Crippen molar-refractivity contribution in [1.29, 1.82) is 0 Å². The minimum Gasteiger partial charge on any atom is -0.460 e. The number of furan rings is 1. The van der Waals surface area contributed by atoms with Crippen molar-refractivity contribution in [2.24, 2.45) is 0 Å². The smallest absolute Gasteiger partial charge is 0.147 e. The molecule has 0 radical (unpaired) electrons. The van der Waals surface area contributed by atoms with Crippen molar-refractivity contribution in [2.45, 2.75) is 25.2 Å². The highest BCUT2D eigenvalue weighted by Crippen LogP contribution is 2.53. The molecule has 2 heteroatoms. The molecule has 1 aliphatic heterocycles. The van der Waals surface area contributed by atoms with Crippen molar-refractivity contribution in [3.05, 3.63) is 150 Å². The topological polar surface area (TPSA) is 22.4 Å². The van der Waals surface area contributed by atoms with Crippen LogP contribution >= 0.6 is 0 Å². The normalized spacial score (nSPS) is 17.5. The molecule has 1 aromatic heterocycles. The summed E-state index contributed by atoms with van der Waals surface area (Å²) in [5, 5.41) is 9.80. The first-order valence-electron chi connectivity index (χ1n) is 15.6. The van der Waals surface area contributed by atoms with Crippen LogP contribution in [-0.2, 0) is 0 Å². The van der Waals surface area contributed by atoms with E-state index in [2.05, 4.69) is 115 Å². The predicted molar refractivity (Wildman–Crippen MR) is 183 cm³/mol. The average Bonchev–Trinajstić information content (AvgIpc) is 3.65. The monoisotopic (exact) mass is 564 g/mol. The molecular formula is C42H28O2. The van der Waals surface area contributed by atoms with Gasteiger partial charge >= 0.3 is 0 Å². The van der Waals surface area contributed by atoms with E-state index in [0.29, 0.717) is 0 Å². The number of benzene rings is 6. The maximum Gasteiger partial charge on any atom is 0.147 e. The Morgan fingerprint density at radius 1 is 0.591 bits per heavy atom. The number of allylic oxidation sites excluding steroid dienone is 8. The molecule has 2 heterocycles. The molecule has 44 heavy (non-hydrogen) atoms. The van der Waals surface area contributed by atoms with Gasteiger partial charge in [0.1, 0.15) is 22.7 Å². The minimum absolute atomic E-state index is 0.164. The fourth-order valence-electron chi connectivity index (χ4n) is 7.95. The average molecular weight is 565 g/mol. The van der Waals surface area contributed by atoms with Crippen LogP contribution in [0.4, 0.5) is 0 Å². The summed E-state index contributed by atoms with van der Waals surface area (Å²) in [6.07, 6.45) is 14.3. The predicted octanol–water partition coefficient (Wildman–Crippen LogP) is 11.6. The Hall–Kier alpha value is -5.34. The highest BCUT2D eigenvalue weighted by atomic mass is 16.5. The summed E-state index contributed by atoms with van der Waals surface area (Å²) < 4.78 is 13.2. The van der Waals surface area contributed by atoms with Gasteiger partial charge in [-0.15, -0.1) is 0 Å². The Balaban J connectivity index is 1.16. The van der Waals surface area contributed by atoms with Crippen LogP contribution in [0, 0.1) is 0 Å².